The van der Waals surface area contributed by atoms with E-state index in [0.29, 0.717) is 23.4 Å². The minimum Gasteiger partial charge on any atom is -0.312 e. The first-order valence-corrected chi connectivity index (χ1v) is 8.92. The van der Waals surface area contributed by atoms with Gasteiger partial charge in [0.1, 0.15) is 0 Å². The maximum atomic E-state index is 12.1. The van der Waals surface area contributed by atoms with Gasteiger partial charge >= 0.3 is 0 Å². The molecule has 1 aromatic carbocycles. The van der Waals surface area contributed by atoms with Crippen LogP contribution in [0.5, 0.6) is 0 Å². The van der Waals surface area contributed by atoms with Crippen molar-refractivity contribution in [1.29, 1.82) is 0 Å². The van der Waals surface area contributed by atoms with Crippen LogP contribution < -0.4 is 15.8 Å². The number of thiophene rings is 1. The van der Waals surface area contributed by atoms with Gasteiger partial charge in [0.05, 0.1) is 8.66 Å². The largest absolute Gasteiger partial charge is 0.312 e. The number of hydrogen-bond donors (Lipinski definition) is 2. The average Bonchev–Trinajstić information content (AvgIpc) is 3.21. The summed E-state index contributed by atoms with van der Waals surface area (Å²) in [7, 11) is 0. The van der Waals surface area contributed by atoms with Crippen molar-refractivity contribution in [3.8, 4) is 0 Å². The Morgan fingerprint density at radius 3 is 2.33 bits per heavy atom. The quantitative estimate of drug-likeness (QED) is 0.767. The number of rotatable bonds is 3. The number of carbonyl (C=O) groups excluding carboxylic acids is 3. The van der Waals surface area contributed by atoms with Crippen LogP contribution in [-0.2, 0) is 4.79 Å². The van der Waals surface area contributed by atoms with Gasteiger partial charge in [-0.2, -0.15) is 0 Å². The summed E-state index contributed by atoms with van der Waals surface area (Å²) in [6, 6.07) is 10.2. The van der Waals surface area contributed by atoms with Crippen molar-refractivity contribution in [2.45, 2.75) is 12.8 Å². The first kappa shape index (κ1) is 16.7. The molecule has 6 nitrogen and oxygen atoms in total. The number of nitrogens with zero attached hydrogens (tertiary/aromatic N) is 1. The van der Waals surface area contributed by atoms with Crippen LogP contribution in [0, 0.1) is 0 Å². The second-order valence-electron chi connectivity index (χ2n) is 5.21. The lowest BCUT2D eigenvalue weighted by atomic mass is 10.2. The number of carbonyl (C=O) groups is 3. The van der Waals surface area contributed by atoms with E-state index >= 15 is 0 Å². The molecule has 2 heterocycles. The summed E-state index contributed by atoms with van der Waals surface area (Å²) in [6.45, 7) is 0.705. The fourth-order valence-corrected chi connectivity index (χ4v) is 3.68. The molecule has 0 bridgehead atoms. The molecule has 0 aliphatic carbocycles. The Labute approximate surface area is 150 Å². The van der Waals surface area contributed by atoms with Crippen LogP contribution in [-0.4, -0.2) is 24.3 Å². The lowest BCUT2D eigenvalue weighted by Crippen LogP contribution is -2.41. The van der Waals surface area contributed by atoms with Crippen LogP contribution in [0.3, 0.4) is 0 Å². The van der Waals surface area contributed by atoms with Gasteiger partial charge in [-0.25, -0.2) is 0 Å². The predicted molar refractivity (Wildman–Crippen MR) is 95.0 cm³/mol. The molecule has 1 aliphatic rings. The molecule has 124 valence electrons. The van der Waals surface area contributed by atoms with Crippen molar-refractivity contribution in [2.75, 3.05) is 11.4 Å². The molecule has 3 rings (SSSR count). The van der Waals surface area contributed by atoms with E-state index in [-0.39, 0.29) is 11.8 Å². The lowest BCUT2D eigenvalue weighted by molar-refractivity contribution is -0.117. The van der Waals surface area contributed by atoms with Crippen molar-refractivity contribution < 1.29 is 14.4 Å². The summed E-state index contributed by atoms with van der Waals surface area (Å²) in [5.74, 6) is -0.696. The average molecular weight is 408 g/mol. The molecule has 1 aromatic heterocycles. The molecular formula is C16H14BrN3O3S. The van der Waals surface area contributed by atoms with Crippen LogP contribution in [0.15, 0.2) is 40.2 Å². The predicted octanol–water partition coefficient (Wildman–Crippen LogP) is 2.71. The maximum absolute atomic E-state index is 12.1. The van der Waals surface area contributed by atoms with Gasteiger partial charge in [0.25, 0.3) is 11.8 Å². The first-order valence-electron chi connectivity index (χ1n) is 7.31. The lowest BCUT2D eigenvalue weighted by Gasteiger charge is -2.15. The second-order valence-corrected chi connectivity index (χ2v) is 7.67. The smallest absolute Gasteiger partial charge is 0.279 e. The fourth-order valence-electron chi connectivity index (χ4n) is 2.40. The van der Waals surface area contributed by atoms with E-state index in [1.807, 2.05) is 0 Å². The van der Waals surface area contributed by atoms with Gasteiger partial charge in [-0.05, 0) is 58.7 Å². The standard InChI is InChI=1S/C16H14BrN3O3S/c17-13-8-7-12(24-13)16(23)19-18-15(22)10-3-5-11(6-4-10)20-9-1-2-14(20)21/h3-8H,1-2,9H2,(H,18,22)(H,19,23). The number of amides is 3. The Kier molecular flexibility index (Phi) is 4.96. The third kappa shape index (κ3) is 3.65. The SMILES string of the molecule is O=C(NNC(=O)c1ccc(Br)s1)c1ccc(N2CCCC2=O)cc1. The van der Waals surface area contributed by atoms with Gasteiger partial charge in [-0.1, -0.05) is 0 Å². The van der Waals surface area contributed by atoms with Gasteiger partial charge in [0.2, 0.25) is 5.91 Å². The number of halogens is 1. The Bertz CT molecular complexity index is 788. The van der Waals surface area contributed by atoms with Crippen molar-refractivity contribution in [2.24, 2.45) is 0 Å². The zero-order chi connectivity index (χ0) is 17.1. The summed E-state index contributed by atoms with van der Waals surface area (Å²) in [4.78, 5) is 37.8. The highest BCUT2D eigenvalue weighted by Gasteiger charge is 2.21. The van der Waals surface area contributed by atoms with Crippen molar-refractivity contribution in [3.05, 3.63) is 50.6 Å². The number of hydrazine groups is 1. The van der Waals surface area contributed by atoms with Crippen molar-refractivity contribution in [3.63, 3.8) is 0 Å². The molecule has 1 aliphatic heterocycles. The van der Waals surface area contributed by atoms with Crippen LogP contribution in [0.25, 0.3) is 0 Å². The minimum absolute atomic E-state index is 0.0987. The Balaban J connectivity index is 1.59. The van der Waals surface area contributed by atoms with Gasteiger partial charge in [0.15, 0.2) is 0 Å². The Morgan fingerprint density at radius 1 is 1.04 bits per heavy atom. The van der Waals surface area contributed by atoms with Crippen LogP contribution in [0.4, 0.5) is 5.69 Å². The van der Waals surface area contributed by atoms with Gasteiger partial charge in [0, 0.05) is 24.2 Å². The highest BCUT2D eigenvalue weighted by molar-refractivity contribution is 9.11. The molecule has 0 atom stereocenters. The van der Waals surface area contributed by atoms with E-state index in [4.69, 9.17) is 0 Å². The van der Waals surface area contributed by atoms with Gasteiger partial charge in [-0.3, -0.25) is 25.2 Å². The van der Waals surface area contributed by atoms with Gasteiger partial charge in [-0.15, -0.1) is 11.3 Å². The maximum Gasteiger partial charge on any atom is 0.279 e. The van der Waals surface area contributed by atoms with E-state index in [1.165, 1.54) is 11.3 Å². The number of nitrogens with one attached hydrogen (secondary N) is 2. The molecular weight excluding hydrogens is 394 g/mol. The monoisotopic (exact) mass is 407 g/mol. The van der Waals surface area contributed by atoms with Crippen molar-refractivity contribution in [1.82, 2.24) is 10.9 Å². The molecule has 8 heteroatoms. The molecule has 3 amide bonds. The zero-order valence-corrected chi connectivity index (χ0v) is 14.9. The number of benzene rings is 1. The molecule has 2 N–H and O–H groups in total. The van der Waals surface area contributed by atoms with Crippen LogP contribution in [0.1, 0.15) is 32.9 Å². The minimum atomic E-state index is -0.418. The molecule has 2 aromatic rings. The summed E-state index contributed by atoms with van der Waals surface area (Å²) in [5.41, 5.74) is 5.93. The molecule has 1 fully saturated rings. The molecule has 24 heavy (non-hydrogen) atoms. The summed E-state index contributed by atoms with van der Waals surface area (Å²) >= 11 is 4.55. The number of anilines is 1. The van der Waals surface area contributed by atoms with E-state index in [2.05, 4.69) is 26.8 Å². The van der Waals surface area contributed by atoms with Crippen LogP contribution in [0.2, 0.25) is 0 Å². The zero-order valence-electron chi connectivity index (χ0n) is 12.5. The highest BCUT2D eigenvalue weighted by Crippen LogP contribution is 2.22. The van der Waals surface area contributed by atoms with Crippen LogP contribution >= 0.6 is 27.3 Å². The van der Waals surface area contributed by atoms with Crippen molar-refractivity contribution >= 4 is 50.7 Å². The van der Waals surface area contributed by atoms with E-state index in [0.717, 1.165) is 15.9 Å². The summed E-state index contributed by atoms with van der Waals surface area (Å²) < 4.78 is 0.839. The molecule has 0 spiro atoms. The second kappa shape index (κ2) is 7.14. The highest BCUT2D eigenvalue weighted by atomic mass is 79.9. The van der Waals surface area contributed by atoms with E-state index in [1.54, 1.807) is 41.3 Å². The fraction of sp³-hybridized carbons (Fsp3) is 0.188. The normalized spacial score (nSPS) is 13.9. The molecule has 0 radical (unpaired) electrons. The molecule has 0 unspecified atom stereocenters. The number of hydrogen-bond acceptors (Lipinski definition) is 4. The third-order valence-corrected chi connectivity index (χ3v) is 5.22. The molecule has 0 saturated carbocycles. The Morgan fingerprint density at radius 2 is 1.75 bits per heavy atom. The summed E-state index contributed by atoms with van der Waals surface area (Å²) in [5, 5.41) is 0. The first-order chi connectivity index (χ1) is 11.5. The van der Waals surface area contributed by atoms with E-state index in [9.17, 15) is 14.4 Å². The molecule has 1 saturated heterocycles. The Hall–Kier alpha value is -2.19. The third-order valence-electron chi connectivity index (χ3n) is 3.60. The summed E-state index contributed by atoms with van der Waals surface area (Å²) in [6.07, 6.45) is 1.42. The van der Waals surface area contributed by atoms with Gasteiger partial charge < -0.3 is 4.90 Å². The topological polar surface area (TPSA) is 78.5 Å². The van der Waals surface area contributed by atoms with E-state index < -0.39 is 5.91 Å².